The van der Waals surface area contributed by atoms with Crippen LogP contribution in [-0.4, -0.2) is 4.83 Å². The Hall–Kier alpha value is -2.12. The zero-order valence-corrected chi connectivity index (χ0v) is 18.4. The van der Waals surface area contributed by atoms with Crippen LogP contribution in [-0.2, 0) is 0 Å². The van der Waals surface area contributed by atoms with Gasteiger partial charge in [0.25, 0.3) is 0 Å². The van der Waals surface area contributed by atoms with Crippen LogP contribution < -0.4 is 0 Å². The van der Waals surface area contributed by atoms with Crippen molar-refractivity contribution in [2.45, 2.75) is 49.8 Å². The van der Waals surface area contributed by atoms with Crippen molar-refractivity contribution in [2.24, 2.45) is 0 Å². The van der Waals surface area contributed by atoms with Gasteiger partial charge >= 0.3 is 0 Å². The standard InChI is InChI=1S/C28H25Br/c1-17-14-27-25(15-18-8-2-3-9-19(18)28(27)29)24(17)16-26-22-12-6-4-10-20(22)21-11-5-7-13-23(21)26/h4-7,10-15,26,28H,2-3,8-9,16H2,1H3. The third-order valence-electron chi connectivity index (χ3n) is 7.31. The number of alkyl halides is 1. The summed E-state index contributed by atoms with van der Waals surface area (Å²) in [6.07, 6.45) is 11.3. The van der Waals surface area contributed by atoms with Crippen LogP contribution in [0, 0.1) is 0 Å². The fourth-order valence-electron chi connectivity index (χ4n) is 5.89. The Morgan fingerprint density at radius 3 is 2.24 bits per heavy atom. The fourth-order valence-corrected chi connectivity index (χ4v) is 6.79. The van der Waals surface area contributed by atoms with Gasteiger partial charge in [-0.25, -0.2) is 0 Å². The largest absolute Gasteiger partial charge is 0.0790 e. The third kappa shape index (κ3) is 2.63. The summed E-state index contributed by atoms with van der Waals surface area (Å²) in [7, 11) is 0. The molecule has 1 unspecified atom stereocenters. The van der Waals surface area contributed by atoms with Crippen molar-refractivity contribution < 1.29 is 0 Å². The summed E-state index contributed by atoms with van der Waals surface area (Å²) < 4.78 is 0. The summed E-state index contributed by atoms with van der Waals surface area (Å²) in [6.45, 7) is 2.31. The molecule has 0 amide bonds. The van der Waals surface area contributed by atoms with Gasteiger partial charge in [-0.2, -0.15) is 0 Å². The molecule has 0 aliphatic heterocycles. The molecule has 0 N–H and O–H groups in total. The highest BCUT2D eigenvalue weighted by Gasteiger charge is 2.35. The molecule has 0 saturated carbocycles. The number of hydrogen-bond donors (Lipinski definition) is 0. The van der Waals surface area contributed by atoms with E-state index in [9.17, 15) is 0 Å². The van der Waals surface area contributed by atoms with E-state index in [1.54, 1.807) is 16.7 Å². The van der Waals surface area contributed by atoms with E-state index < -0.39 is 0 Å². The first-order valence-corrected chi connectivity index (χ1v) is 11.8. The van der Waals surface area contributed by atoms with Gasteiger partial charge in [-0.3, -0.25) is 0 Å². The number of fused-ring (bicyclic) bond motifs is 4. The molecule has 0 heterocycles. The molecule has 1 atom stereocenters. The second-order valence-corrected chi connectivity index (χ2v) is 9.79. The molecule has 0 aromatic heterocycles. The Kier molecular flexibility index (Phi) is 4.10. The Labute approximate surface area is 181 Å². The molecule has 0 nitrogen and oxygen atoms in total. The van der Waals surface area contributed by atoms with Crippen LogP contribution in [0.3, 0.4) is 0 Å². The average molecular weight is 441 g/mol. The van der Waals surface area contributed by atoms with E-state index in [2.05, 4.69) is 83.5 Å². The van der Waals surface area contributed by atoms with Crippen LogP contribution in [0.2, 0.25) is 0 Å². The summed E-state index contributed by atoms with van der Waals surface area (Å²) in [5.74, 6) is 0.455. The molecule has 4 aliphatic carbocycles. The van der Waals surface area contributed by atoms with Crippen molar-refractivity contribution in [1.29, 1.82) is 0 Å². The lowest BCUT2D eigenvalue weighted by molar-refractivity contribution is 0.668. The maximum atomic E-state index is 4.06. The molecule has 144 valence electrons. The van der Waals surface area contributed by atoms with E-state index >= 15 is 0 Å². The normalized spacial score (nSPS) is 22.8. The van der Waals surface area contributed by atoms with Crippen molar-refractivity contribution >= 4 is 15.9 Å². The second kappa shape index (κ2) is 6.71. The lowest BCUT2D eigenvalue weighted by Gasteiger charge is -2.30. The molecule has 2 aromatic carbocycles. The minimum atomic E-state index is 0.411. The first-order chi connectivity index (χ1) is 14.2. The van der Waals surface area contributed by atoms with Crippen molar-refractivity contribution in [2.75, 3.05) is 0 Å². The maximum Gasteiger partial charge on any atom is 0.0616 e. The molecule has 0 fully saturated rings. The van der Waals surface area contributed by atoms with Crippen LogP contribution in [0.15, 0.2) is 94.1 Å². The maximum absolute atomic E-state index is 4.06. The summed E-state index contributed by atoms with van der Waals surface area (Å²) in [6, 6.07) is 18.0. The van der Waals surface area contributed by atoms with Crippen LogP contribution in [0.25, 0.3) is 11.1 Å². The van der Waals surface area contributed by atoms with Gasteiger partial charge in [0.05, 0.1) is 4.83 Å². The SMILES string of the molecule is CC1=C(CC2c3ccccc3-c3ccccc32)C2=CC3=C(CCCC3)C(Br)C2=C1. The highest BCUT2D eigenvalue weighted by molar-refractivity contribution is 9.09. The summed E-state index contributed by atoms with van der Waals surface area (Å²) >= 11 is 4.06. The first-order valence-electron chi connectivity index (χ1n) is 10.9. The Balaban J connectivity index is 1.42. The molecular weight excluding hydrogens is 416 g/mol. The average Bonchev–Trinajstić information content (AvgIpc) is 3.24. The van der Waals surface area contributed by atoms with Gasteiger partial charge in [0.15, 0.2) is 0 Å². The lowest BCUT2D eigenvalue weighted by Crippen LogP contribution is -2.17. The smallest absolute Gasteiger partial charge is 0.0616 e. The molecule has 4 aliphatic rings. The van der Waals surface area contributed by atoms with Crippen molar-refractivity contribution in [3.05, 3.63) is 105 Å². The topological polar surface area (TPSA) is 0 Å². The first kappa shape index (κ1) is 17.7. The van der Waals surface area contributed by atoms with Gasteiger partial charge in [-0.1, -0.05) is 76.6 Å². The quantitative estimate of drug-likeness (QED) is 0.414. The summed E-state index contributed by atoms with van der Waals surface area (Å²) in [5.41, 5.74) is 15.1. The zero-order valence-electron chi connectivity index (χ0n) is 16.8. The summed E-state index contributed by atoms with van der Waals surface area (Å²) in [4.78, 5) is 0.411. The number of rotatable bonds is 2. The van der Waals surface area contributed by atoms with Gasteiger partial charge < -0.3 is 0 Å². The highest BCUT2D eigenvalue weighted by atomic mass is 79.9. The van der Waals surface area contributed by atoms with Gasteiger partial charge in [0.1, 0.15) is 0 Å². The molecule has 0 radical (unpaired) electrons. The lowest BCUT2D eigenvalue weighted by atomic mass is 9.78. The molecule has 2 aromatic rings. The Morgan fingerprint density at radius 2 is 1.52 bits per heavy atom. The number of halogens is 1. The Morgan fingerprint density at radius 1 is 0.862 bits per heavy atom. The minimum Gasteiger partial charge on any atom is -0.0790 e. The van der Waals surface area contributed by atoms with E-state index in [1.807, 2.05) is 0 Å². The highest BCUT2D eigenvalue weighted by Crippen LogP contribution is 2.52. The van der Waals surface area contributed by atoms with E-state index in [-0.39, 0.29) is 0 Å². The van der Waals surface area contributed by atoms with Crippen LogP contribution in [0.1, 0.15) is 56.1 Å². The van der Waals surface area contributed by atoms with E-state index in [0.29, 0.717) is 10.7 Å². The summed E-state index contributed by atoms with van der Waals surface area (Å²) in [5, 5.41) is 0. The minimum absolute atomic E-state index is 0.411. The van der Waals surface area contributed by atoms with Gasteiger partial charge in [-0.15, -0.1) is 0 Å². The third-order valence-corrected chi connectivity index (χ3v) is 8.35. The van der Waals surface area contributed by atoms with Crippen LogP contribution >= 0.6 is 15.9 Å². The van der Waals surface area contributed by atoms with Crippen molar-refractivity contribution in [3.8, 4) is 11.1 Å². The monoisotopic (exact) mass is 440 g/mol. The van der Waals surface area contributed by atoms with Crippen LogP contribution in [0.4, 0.5) is 0 Å². The number of allylic oxidation sites excluding steroid dienone is 8. The predicted octanol–water partition coefficient (Wildman–Crippen LogP) is 8.02. The molecule has 1 heteroatoms. The van der Waals surface area contributed by atoms with E-state index in [4.69, 9.17) is 0 Å². The van der Waals surface area contributed by atoms with E-state index in [0.717, 1.165) is 6.42 Å². The number of hydrogen-bond acceptors (Lipinski definition) is 0. The Bertz CT molecular complexity index is 1110. The van der Waals surface area contributed by atoms with Gasteiger partial charge in [0.2, 0.25) is 0 Å². The zero-order chi connectivity index (χ0) is 19.5. The molecule has 6 rings (SSSR count). The fraction of sp³-hybridized carbons (Fsp3) is 0.286. The van der Waals surface area contributed by atoms with Gasteiger partial charge in [-0.05, 0) is 94.7 Å². The molecule has 29 heavy (non-hydrogen) atoms. The number of benzene rings is 2. The van der Waals surface area contributed by atoms with E-state index in [1.165, 1.54) is 64.7 Å². The molecule has 0 spiro atoms. The molecule has 0 bridgehead atoms. The second-order valence-electron chi connectivity index (χ2n) is 8.87. The van der Waals surface area contributed by atoms with Crippen molar-refractivity contribution in [1.82, 2.24) is 0 Å². The van der Waals surface area contributed by atoms with Crippen LogP contribution in [0.5, 0.6) is 0 Å². The molecule has 0 saturated heterocycles. The predicted molar refractivity (Wildman–Crippen MR) is 125 cm³/mol. The van der Waals surface area contributed by atoms with Gasteiger partial charge in [0, 0.05) is 5.92 Å². The molecular formula is C28H25Br. The van der Waals surface area contributed by atoms with Crippen molar-refractivity contribution in [3.63, 3.8) is 0 Å².